The van der Waals surface area contributed by atoms with E-state index in [-0.39, 0.29) is 5.78 Å². The van der Waals surface area contributed by atoms with Crippen molar-refractivity contribution in [3.05, 3.63) is 44.6 Å². The maximum atomic E-state index is 12.4. The van der Waals surface area contributed by atoms with Crippen LogP contribution in [0.25, 0.3) is 0 Å². The lowest BCUT2D eigenvalue weighted by molar-refractivity contribution is 0.103. The molecule has 0 saturated heterocycles. The second kappa shape index (κ2) is 5.35. The lowest BCUT2D eigenvalue weighted by Gasteiger charge is -2.10. The summed E-state index contributed by atoms with van der Waals surface area (Å²) in [5, 5.41) is 3.74. The van der Waals surface area contributed by atoms with E-state index < -0.39 is 0 Å². The fourth-order valence-electron chi connectivity index (χ4n) is 1.91. The van der Waals surface area contributed by atoms with Gasteiger partial charge in [-0.3, -0.25) is 4.79 Å². The molecule has 0 fully saturated rings. The van der Waals surface area contributed by atoms with Gasteiger partial charge in [0.15, 0.2) is 17.3 Å². The quantitative estimate of drug-likeness (QED) is 0.779. The van der Waals surface area contributed by atoms with Gasteiger partial charge in [-0.1, -0.05) is 0 Å². The van der Waals surface area contributed by atoms with E-state index in [1.165, 1.54) is 11.3 Å². The molecular weight excluding hydrogens is 328 g/mol. The first-order valence-corrected chi connectivity index (χ1v) is 7.65. The minimum absolute atomic E-state index is 0.0104. The average molecular weight is 339 g/mol. The van der Waals surface area contributed by atoms with Gasteiger partial charge in [0.1, 0.15) is 0 Å². The fraction of sp³-hybridized carbons (Fsp3) is 0.214. The summed E-state index contributed by atoms with van der Waals surface area (Å²) in [6.45, 7) is 1.25. The molecule has 2 heterocycles. The monoisotopic (exact) mass is 338 g/mol. The van der Waals surface area contributed by atoms with Crippen LogP contribution in [0.3, 0.4) is 0 Å². The minimum atomic E-state index is -0.0104. The number of carbonyl (C=O) groups excluding carboxylic acids is 1. The summed E-state index contributed by atoms with van der Waals surface area (Å²) in [7, 11) is 0. The van der Waals surface area contributed by atoms with Crippen LogP contribution in [0.15, 0.2) is 33.4 Å². The number of thiophene rings is 1. The molecule has 1 aliphatic heterocycles. The van der Waals surface area contributed by atoms with Crippen LogP contribution in [0.4, 0.5) is 0 Å². The van der Waals surface area contributed by atoms with Gasteiger partial charge in [0.2, 0.25) is 0 Å². The first-order chi connectivity index (χ1) is 9.25. The molecule has 0 spiro atoms. The van der Waals surface area contributed by atoms with Crippen molar-refractivity contribution in [2.45, 2.75) is 6.42 Å². The molecule has 0 unspecified atom stereocenters. The summed E-state index contributed by atoms with van der Waals surface area (Å²) in [4.78, 5) is 12.4. The number of halogens is 1. The lowest BCUT2D eigenvalue weighted by Crippen LogP contribution is -2.02. The molecule has 1 aromatic heterocycles. The van der Waals surface area contributed by atoms with Crippen LogP contribution in [0.5, 0.6) is 11.5 Å². The number of carbonyl (C=O) groups is 1. The highest BCUT2D eigenvalue weighted by atomic mass is 79.9. The second-order valence-corrected chi connectivity index (χ2v) is 5.80. The third-order valence-corrected chi connectivity index (χ3v) is 4.20. The van der Waals surface area contributed by atoms with Gasteiger partial charge < -0.3 is 9.47 Å². The summed E-state index contributed by atoms with van der Waals surface area (Å²) in [5.41, 5.74) is 1.29. The zero-order chi connectivity index (χ0) is 13.2. The van der Waals surface area contributed by atoms with Crippen LogP contribution in [-0.2, 0) is 0 Å². The standard InChI is InChI=1S/C14H11BrO3S/c15-11-7-13-12(17-3-1-4-18-13)6-10(11)14(16)9-2-5-19-8-9/h2,5-8H,1,3-4H2. The molecule has 3 nitrogen and oxygen atoms in total. The normalized spacial score (nSPS) is 13.9. The Hall–Kier alpha value is -1.33. The van der Waals surface area contributed by atoms with Crippen molar-refractivity contribution in [1.82, 2.24) is 0 Å². The largest absolute Gasteiger partial charge is 0.490 e. The van der Waals surface area contributed by atoms with Crippen molar-refractivity contribution in [2.24, 2.45) is 0 Å². The molecule has 1 aromatic carbocycles. The number of rotatable bonds is 2. The molecular formula is C14H11BrO3S. The highest BCUT2D eigenvalue weighted by Gasteiger charge is 2.19. The SMILES string of the molecule is O=C(c1ccsc1)c1cc2c(cc1Br)OCCCO2. The van der Waals surface area contributed by atoms with Crippen LogP contribution in [-0.4, -0.2) is 19.0 Å². The Labute approximate surface area is 123 Å². The van der Waals surface area contributed by atoms with E-state index in [1.54, 1.807) is 12.1 Å². The summed E-state index contributed by atoms with van der Waals surface area (Å²) in [5.74, 6) is 1.31. The number of ether oxygens (including phenoxy) is 2. The average Bonchev–Trinajstić information content (AvgIpc) is 2.84. The van der Waals surface area contributed by atoms with Crippen molar-refractivity contribution in [1.29, 1.82) is 0 Å². The van der Waals surface area contributed by atoms with E-state index in [0.29, 0.717) is 35.8 Å². The Bertz CT molecular complexity index is 607. The lowest BCUT2D eigenvalue weighted by atomic mass is 10.1. The highest BCUT2D eigenvalue weighted by Crippen LogP contribution is 2.36. The van der Waals surface area contributed by atoms with Crippen molar-refractivity contribution in [3.63, 3.8) is 0 Å². The predicted molar refractivity (Wildman–Crippen MR) is 77.5 cm³/mol. The summed E-state index contributed by atoms with van der Waals surface area (Å²) >= 11 is 4.94. The van der Waals surface area contributed by atoms with E-state index in [9.17, 15) is 4.79 Å². The van der Waals surface area contributed by atoms with E-state index >= 15 is 0 Å². The third-order valence-electron chi connectivity index (χ3n) is 2.87. The molecule has 0 N–H and O–H groups in total. The number of benzene rings is 1. The zero-order valence-electron chi connectivity index (χ0n) is 10.0. The van der Waals surface area contributed by atoms with E-state index in [4.69, 9.17) is 9.47 Å². The van der Waals surface area contributed by atoms with Crippen LogP contribution in [0.2, 0.25) is 0 Å². The van der Waals surface area contributed by atoms with Gasteiger partial charge in [0.25, 0.3) is 0 Å². The first kappa shape index (κ1) is 12.7. The van der Waals surface area contributed by atoms with E-state index in [1.807, 2.05) is 16.8 Å². The Morgan fingerprint density at radius 3 is 2.63 bits per heavy atom. The van der Waals surface area contributed by atoms with Crippen molar-refractivity contribution < 1.29 is 14.3 Å². The van der Waals surface area contributed by atoms with Crippen molar-refractivity contribution in [2.75, 3.05) is 13.2 Å². The van der Waals surface area contributed by atoms with Gasteiger partial charge in [-0.05, 0) is 39.5 Å². The first-order valence-electron chi connectivity index (χ1n) is 5.92. The molecule has 0 amide bonds. The Kier molecular flexibility index (Phi) is 3.57. The van der Waals surface area contributed by atoms with Gasteiger partial charge in [0, 0.05) is 27.4 Å². The maximum Gasteiger partial charge on any atom is 0.195 e. The minimum Gasteiger partial charge on any atom is -0.490 e. The van der Waals surface area contributed by atoms with E-state index in [2.05, 4.69) is 15.9 Å². The Morgan fingerprint density at radius 1 is 1.21 bits per heavy atom. The number of ketones is 1. The Balaban J connectivity index is 2.02. The predicted octanol–water partition coefficient (Wildman–Crippen LogP) is 3.90. The van der Waals surface area contributed by atoms with Crippen LogP contribution >= 0.6 is 27.3 Å². The highest BCUT2D eigenvalue weighted by molar-refractivity contribution is 9.10. The topological polar surface area (TPSA) is 35.5 Å². The Morgan fingerprint density at radius 2 is 1.95 bits per heavy atom. The van der Waals surface area contributed by atoms with Crippen LogP contribution in [0.1, 0.15) is 22.3 Å². The third kappa shape index (κ3) is 2.53. The zero-order valence-corrected chi connectivity index (χ0v) is 12.4. The molecule has 2 aromatic rings. The summed E-state index contributed by atoms with van der Waals surface area (Å²) in [6, 6.07) is 5.38. The molecule has 0 radical (unpaired) electrons. The smallest absolute Gasteiger partial charge is 0.195 e. The van der Waals surface area contributed by atoms with Crippen LogP contribution < -0.4 is 9.47 Å². The second-order valence-electron chi connectivity index (χ2n) is 4.17. The number of hydrogen-bond acceptors (Lipinski definition) is 4. The molecule has 0 atom stereocenters. The maximum absolute atomic E-state index is 12.4. The van der Waals surface area contributed by atoms with Crippen LogP contribution in [0, 0.1) is 0 Å². The summed E-state index contributed by atoms with van der Waals surface area (Å²) in [6.07, 6.45) is 0.847. The number of hydrogen-bond donors (Lipinski definition) is 0. The molecule has 1 aliphatic rings. The van der Waals surface area contributed by atoms with Gasteiger partial charge in [0.05, 0.1) is 13.2 Å². The van der Waals surface area contributed by atoms with E-state index in [0.717, 1.165) is 10.9 Å². The van der Waals surface area contributed by atoms with Crippen molar-refractivity contribution >= 4 is 33.0 Å². The molecule has 19 heavy (non-hydrogen) atoms. The van der Waals surface area contributed by atoms with Gasteiger partial charge >= 0.3 is 0 Å². The molecule has 3 rings (SSSR count). The van der Waals surface area contributed by atoms with Gasteiger partial charge in [-0.15, -0.1) is 0 Å². The molecule has 0 aliphatic carbocycles. The van der Waals surface area contributed by atoms with Gasteiger partial charge in [-0.2, -0.15) is 11.3 Å². The van der Waals surface area contributed by atoms with Gasteiger partial charge in [-0.25, -0.2) is 0 Å². The number of fused-ring (bicyclic) bond motifs is 1. The summed E-state index contributed by atoms with van der Waals surface area (Å²) < 4.78 is 11.9. The molecule has 5 heteroatoms. The molecule has 0 bridgehead atoms. The molecule has 0 saturated carbocycles. The van der Waals surface area contributed by atoms with Crippen molar-refractivity contribution in [3.8, 4) is 11.5 Å². The molecule has 98 valence electrons. The fourth-order valence-corrected chi connectivity index (χ4v) is 3.05.